The molecule has 1 N–H and O–H groups in total. The molecule has 0 aliphatic rings. The molecule has 0 fully saturated rings. The van der Waals surface area contributed by atoms with E-state index in [0.29, 0.717) is 0 Å². The molecule has 0 saturated carbocycles. The summed E-state index contributed by atoms with van der Waals surface area (Å²) in [5.74, 6) is 0. The van der Waals surface area contributed by atoms with Gasteiger partial charge in [-0.05, 0) is 36.6 Å². The van der Waals surface area contributed by atoms with Crippen LogP contribution in [0.1, 0.15) is 11.1 Å². The number of benzene rings is 1. The zero-order valence-corrected chi connectivity index (χ0v) is 8.72. The average Bonchev–Trinajstić information content (AvgIpc) is 2.19. The lowest BCUT2D eigenvalue weighted by atomic mass is 10.1. The first-order valence-electron chi connectivity index (χ1n) is 4.83. The fraction of sp³-hybridized carbons (Fsp3) is 0.231. The van der Waals surface area contributed by atoms with E-state index in [4.69, 9.17) is 0 Å². The van der Waals surface area contributed by atoms with Gasteiger partial charge in [-0.3, -0.25) is 0 Å². The lowest BCUT2D eigenvalue weighted by Crippen LogP contribution is -1.98. The molecule has 0 bridgehead atoms. The first-order valence-corrected chi connectivity index (χ1v) is 4.83. The van der Waals surface area contributed by atoms with E-state index in [1.807, 2.05) is 12.2 Å². The van der Waals surface area contributed by atoms with Crippen LogP contribution >= 0.6 is 0 Å². The Morgan fingerprint density at radius 3 is 2.64 bits per heavy atom. The summed E-state index contributed by atoms with van der Waals surface area (Å²) in [5.41, 5.74) is 3.79. The minimum Gasteiger partial charge on any atom is -0.382 e. The second kappa shape index (κ2) is 5.28. The molecule has 1 heteroatoms. The van der Waals surface area contributed by atoms with Crippen LogP contribution in [0.15, 0.2) is 43.5 Å². The maximum absolute atomic E-state index is 3.74. The summed E-state index contributed by atoms with van der Waals surface area (Å²) in [4.78, 5) is 0. The highest BCUT2D eigenvalue weighted by Gasteiger charge is 1.97. The van der Waals surface area contributed by atoms with Crippen molar-refractivity contribution in [2.45, 2.75) is 13.3 Å². The maximum Gasteiger partial charge on any atom is 0.0345 e. The first-order chi connectivity index (χ1) is 6.77. The third-order valence-electron chi connectivity index (χ3n) is 2.16. The van der Waals surface area contributed by atoms with Crippen molar-refractivity contribution in [2.24, 2.45) is 0 Å². The van der Waals surface area contributed by atoms with Gasteiger partial charge in [-0.25, -0.2) is 0 Å². The van der Waals surface area contributed by atoms with E-state index < -0.39 is 0 Å². The fourth-order valence-corrected chi connectivity index (χ4v) is 1.38. The van der Waals surface area contributed by atoms with E-state index in [2.05, 4.69) is 43.6 Å². The third kappa shape index (κ3) is 2.77. The highest BCUT2D eigenvalue weighted by atomic mass is 14.8. The lowest BCUT2D eigenvalue weighted by molar-refractivity contribution is 1.21. The Kier molecular flexibility index (Phi) is 3.99. The van der Waals surface area contributed by atoms with Crippen molar-refractivity contribution in [1.29, 1.82) is 0 Å². The molecule has 0 aliphatic heterocycles. The number of anilines is 1. The molecule has 0 aliphatic carbocycles. The third-order valence-corrected chi connectivity index (χ3v) is 2.16. The smallest absolute Gasteiger partial charge is 0.0345 e. The number of allylic oxidation sites excluding steroid dienone is 1. The van der Waals surface area contributed by atoms with Gasteiger partial charge in [0.2, 0.25) is 0 Å². The van der Waals surface area contributed by atoms with E-state index in [-0.39, 0.29) is 0 Å². The van der Waals surface area contributed by atoms with Gasteiger partial charge < -0.3 is 5.32 Å². The molecule has 0 saturated heterocycles. The highest BCUT2D eigenvalue weighted by Crippen LogP contribution is 2.15. The fourth-order valence-electron chi connectivity index (χ4n) is 1.38. The van der Waals surface area contributed by atoms with Gasteiger partial charge in [-0.2, -0.15) is 0 Å². The van der Waals surface area contributed by atoms with Crippen LogP contribution in [0.2, 0.25) is 0 Å². The van der Waals surface area contributed by atoms with Gasteiger partial charge >= 0.3 is 0 Å². The summed E-state index contributed by atoms with van der Waals surface area (Å²) in [6.45, 7) is 10.3. The van der Waals surface area contributed by atoms with E-state index in [9.17, 15) is 0 Å². The van der Waals surface area contributed by atoms with E-state index in [1.165, 1.54) is 11.1 Å². The molecule has 0 unspecified atom stereocenters. The van der Waals surface area contributed by atoms with E-state index >= 15 is 0 Å². The second-order valence-electron chi connectivity index (χ2n) is 3.30. The number of aryl methyl sites for hydroxylation is 1. The van der Waals surface area contributed by atoms with Crippen molar-refractivity contribution >= 4 is 5.69 Å². The number of hydrogen-bond donors (Lipinski definition) is 1. The van der Waals surface area contributed by atoms with Crippen molar-refractivity contribution in [3.8, 4) is 0 Å². The van der Waals surface area contributed by atoms with Crippen LogP contribution in [0.4, 0.5) is 5.69 Å². The molecule has 0 heterocycles. The van der Waals surface area contributed by atoms with Crippen molar-refractivity contribution in [1.82, 2.24) is 0 Å². The minimum absolute atomic E-state index is 0.806. The molecule has 14 heavy (non-hydrogen) atoms. The summed E-state index contributed by atoms with van der Waals surface area (Å²) < 4.78 is 0. The van der Waals surface area contributed by atoms with Crippen LogP contribution in [0.3, 0.4) is 0 Å². The lowest BCUT2D eigenvalue weighted by Gasteiger charge is -2.07. The molecule has 0 aromatic heterocycles. The van der Waals surface area contributed by atoms with Crippen molar-refractivity contribution in [3.63, 3.8) is 0 Å². The average molecular weight is 187 g/mol. The molecule has 0 atom stereocenters. The summed E-state index contributed by atoms with van der Waals surface area (Å²) in [6, 6.07) is 6.39. The van der Waals surface area contributed by atoms with Crippen molar-refractivity contribution in [2.75, 3.05) is 11.9 Å². The summed E-state index contributed by atoms with van der Waals surface area (Å²) in [6.07, 6.45) is 4.72. The van der Waals surface area contributed by atoms with Crippen LogP contribution in [0, 0.1) is 6.92 Å². The topological polar surface area (TPSA) is 12.0 Å². The molecule has 74 valence electrons. The molecular formula is C13H17N. The normalized spacial score (nSPS) is 9.50. The molecule has 1 nitrogen and oxygen atoms in total. The minimum atomic E-state index is 0.806. The SMILES string of the molecule is C=CCNc1ccc(CC=C)c(C)c1. The number of rotatable bonds is 5. The Morgan fingerprint density at radius 2 is 2.07 bits per heavy atom. The van der Waals surface area contributed by atoms with Gasteiger partial charge in [0.15, 0.2) is 0 Å². The van der Waals surface area contributed by atoms with Crippen LogP contribution < -0.4 is 5.32 Å². The Hall–Kier alpha value is -1.50. The van der Waals surface area contributed by atoms with Gasteiger partial charge in [-0.15, -0.1) is 13.2 Å². The van der Waals surface area contributed by atoms with Crippen molar-refractivity contribution < 1.29 is 0 Å². The maximum atomic E-state index is 3.74. The Bertz CT molecular complexity index is 326. The largest absolute Gasteiger partial charge is 0.382 e. The standard InChI is InChI=1S/C13H17N/c1-4-6-12-7-8-13(10-11(12)3)14-9-5-2/h4-5,7-8,10,14H,1-2,6,9H2,3H3. The summed E-state index contributed by atoms with van der Waals surface area (Å²) in [5, 5.41) is 3.26. The predicted molar refractivity (Wildman–Crippen MR) is 63.8 cm³/mol. The van der Waals surface area contributed by atoms with E-state index in [1.54, 1.807) is 0 Å². The van der Waals surface area contributed by atoms with Crippen LogP contribution in [-0.4, -0.2) is 6.54 Å². The highest BCUT2D eigenvalue weighted by molar-refractivity contribution is 5.49. The molecule has 1 aromatic rings. The molecule has 0 spiro atoms. The molecule has 0 amide bonds. The van der Waals surface area contributed by atoms with Crippen molar-refractivity contribution in [3.05, 3.63) is 54.6 Å². The van der Waals surface area contributed by atoms with Gasteiger partial charge in [-0.1, -0.05) is 18.2 Å². The zero-order valence-electron chi connectivity index (χ0n) is 8.72. The predicted octanol–water partition coefficient (Wildman–Crippen LogP) is 3.32. The Labute approximate surface area is 86.2 Å². The van der Waals surface area contributed by atoms with Gasteiger partial charge in [0.1, 0.15) is 0 Å². The summed E-state index contributed by atoms with van der Waals surface area (Å²) in [7, 11) is 0. The monoisotopic (exact) mass is 187 g/mol. The van der Waals surface area contributed by atoms with Gasteiger partial charge in [0, 0.05) is 12.2 Å². The molecular weight excluding hydrogens is 170 g/mol. The Balaban J connectivity index is 2.77. The van der Waals surface area contributed by atoms with Crippen LogP contribution in [0.25, 0.3) is 0 Å². The number of nitrogens with one attached hydrogen (secondary N) is 1. The van der Waals surface area contributed by atoms with Gasteiger partial charge in [0.25, 0.3) is 0 Å². The van der Waals surface area contributed by atoms with Gasteiger partial charge in [0.05, 0.1) is 0 Å². The molecule has 1 aromatic carbocycles. The molecule has 0 radical (unpaired) electrons. The quantitative estimate of drug-likeness (QED) is 0.697. The first kappa shape index (κ1) is 10.6. The number of hydrogen-bond acceptors (Lipinski definition) is 1. The van der Waals surface area contributed by atoms with Crippen LogP contribution in [-0.2, 0) is 6.42 Å². The van der Waals surface area contributed by atoms with E-state index in [0.717, 1.165) is 18.7 Å². The van der Waals surface area contributed by atoms with Crippen LogP contribution in [0.5, 0.6) is 0 Å². The Morgan fingerprint density at radius 1 is 1.29 bits per heavy atom. The zero-order chi connectivity index (χ0) is 10.4. The second-order valence-corrected chi connectivity index (χ2v) is 3.30. The summed E-state index contributed by atoms with van der Waals surface area (Å²) >= 11 is 0. The molecule has 1 rings (SSSR count).